The van der Waals surface area contributed by atoms with Crippen LogP contribution in [0.1, 0.15) is 77.0 Å². The van der Waals surface area contributed by atoms with E-state index in [4.69, 9.17) is 0 Å². The highest BCUT2D eigenvalue weighted by atomic mass is 19.3. The summed E-state index contributed by atoms with van der Waals surface area (Å²) in [6, 6.07) is 9.56. The number of benzene rings is 2. The average molecular weight is 834 g/mol. The lowest BCUT2D eigenvalue weighted by Crippen LogP contribution is -2.61. The predicted octanol–water partition coefficient (Wildman–Crippen LogP) is 5.62. The summed E-state index contributed by atoms with van der Waals surface area (Å²) >= 11 is 0. The van der Waals surface area contributed by atoms with E-state index in [9.17, 15) is 23.6 Å². The maximum Gasteiger partial charge on any atom is 0.280 e. The van der Waals surface area contributed by atoms with E-state index in [0.717, 1.165) is 19.0 Å². The highest BCUT2D eigenvalue weighted by molar-refractivity contribution is 6.01. The van der Waals surface area contributed by atoms with Crippen molar-refractivity contribution in [2.75, 3.05) is 53.2 Å². The molecule has 17 heteroatoms. The summed E-state index contributed by atoms with van der Waals surface area (Å²) in [5.74, 6) is -5.04. The highest BCUT2D eigenvalue weighted by Crippen LogP contribution is 2.37. The molecule has 2 aromatic carbocycles. The highest BCUT2D eigenvalue weighted by Gasteiger charge is 2.48. The normalized spacial score (nSPS) is 25.4. The summed E-state index contributed by atoms with van der Waals surface area (Å²) < 4.78 is 61.6. The molecule has 2 atom stereocenters. The lowest BCUT2D eigenvalue weighted by atomic mass is 9.85. The fraction of sp³-hybridized carbons (Fsp3) is 0.535. The van der Waals surface area contributed by atoms with Crippen LogP contribution < -0.4 is 31.1 Å². The standard InChI is InChI=1S/C43H51F4N9O4/c44-32-23-30(49-34-12-14-37(57)52-41(34)60)11-13-35(32)55-21-17-36(43(46,47)25-55)54-19-15-29(16-20-54)50-40(59)26-7-9-28(10-8-26)51-42-48-24-33(45)39(53-42)27-4-3-5-31(22-27)56-18-2-1-6-38(56)58/h3-5,11,13,22-24,26,28-29,34,36,49H,1-2,6-10,12,14-21,25H2,(H,50,59)(H,48,51,53)(H,52,57,60)/t26-,28-,34?,36?. The number of likely N-dealkylation sites (tertiary alicyclic amines) is 1. The Labute approximate surface area is 346 Å². The van der Waals surface area contributed by atoms with Gasteiger partial charge in [0.25, 0.3) is 5.92 Å². The summed E-state index contributed by atoms with van der Waals surface area (Å²) in [5.41, 5.74) is 1.81. The molecule has 5 aliphatic rings. The third-order valence-corrected chi connectivity index (χ3v) is 12.7. The second kappa shape index (κ2) is 17.7. The molecule has 2 unspecified atom stereocenters. The zero-order chi connectivity index (χ0) is 42.0. The Morgan fingerprint density at radius 2 is 1.62 bits per heavy atom. The van der Waals surface area contributed by atoms with Gasteiger partial charge in [0.15, 0.2) is 5.82 Å². The SMILES string of the molecule is O=C1CCC(Nc2ccc(N3CCC(N4CCC(NC(=O)[C@H]5CC[C@H](Nc6ncc(F)c(-c7cccc(N8CCCCC8=O)c7)n6)CC5)CC4)C(F)(F)C3)c(F)c2)C(=O)N1. The van der Waals surface area contributed by atoms with E-state index in [1.54, 1.807) is 34.1 Å². The Morgan fingerprint density at radius 1 is 0.817 bits per heavy atom. The first-order chi connectivity index (χ1) is 28.9. The van der Waals surface area contributed by atoms with Crippen molar-refractivity contribution in [3.05, 3.63) is 60.3 Å². The molecule has 320 valence electrons. The molecule has 3 aromatic rings. The zero-order valence-electron chi connectivity index (χ0n) is 33.4. The molecule has 60 heavy (non-hydrogen) atoms. The lowest BCUT2D eigenvalue weighted by molar-refractivity contribution is -0.133. The van der Waals surface area contributed by atoms with Crippen LogP contribution in [0, 0.1) is 17.6 Å². The van der Waals surface area contributed by atoms with Crippen molar-refractivity contribution in [1.82, 2.24) is 25.5 Å². The van der Waals surface area contributed by atoms with Crippen molar-refractivity contribution in [3.63, 3.8) is 0 Å². The van der Waals surface area contributed by atoms with Crippen LogP contribution in [0.2, 0.25) is 0 Å². The van der Waals surface area contributed by atoms with Gasteiger partial charge in [-0.3, -0.25) is 29.4 Å². The predicted molar refractivity (Wildman–Crippen MR) is 217 cm³/mol. The summed E-state index contributed by atoms with van der Waals surface area (Å²) in [6.45, 7) is 1.07. The van der Waals surface area contributed by atoms with Crippen molar-refractivity contribution in [2.24, 2.45) is 5.92 Å². The number of aromatic nitrogens is 2. The number of hydrogen-bond acceptors (Lipinski definition) is 10. The number of imide groups is 1. The molecule has 1 aliphatic carbocycles. The molecule has 1 aromatic heterocycles. The third-order valence-electron chi connectivity index (χ3n) is 12.7. The number of anilines is 4. The number of carbonyl (C=O) groups is 4. The smallest absolute Gasteiger partial charge is 0.280 e. The minimum absolute atomic E-state index is 0.00107. The minimum atomic E-state index is -3.10. The molecule has 13 nitrogen and oxygen atoms in total. The van der Waals surface area contributed by atoms with E-state index >= 15 is 13.2 Å². The molecule has 4 saturated heterocycles. The van der Waals surface area contributed by atoms with E-state index in [-0.39, 0.29) is 72.9 Å². The summed E-state index contributed by atoms with van der Waals surface area (Å²) in [6.07, 6.45) is 7.81. The van der Waals surface area contributed by atoms with Crippen molar-refractivity contribution < 1.29 is 36.7 Å². The Hall–Kier alpha value is -5.32. The molecule has 4 amide bonds. The summed E-state index contributed by atoms with van der Waals surface area (Å²) in [5, 5.41) is 11.7. The number of nitrogens with zero attached hydrogens (tertiary/aromatic N) is 5. The van der Waals surface area contributed by atoms with Crippen molar-refractivity contribution in [3.8, 4) is 11.3 Å². The van der Waals surface area contributed by atoms with Gasteiger partial charge in [0, 0.05) is 74.0 Å². The van der Waals surface area contributed by atoms with Crippen LogP contribution >= 0.6 is 0 Å². The van der Waals surface area contributed by atoms with Gasteiger partial charge in [-0.05, 0) is 94.5 Å². The molecule has 5 fully saturated rings. The number of amides is 4. The van der Waals surface area contributed by atoms with Crippen LogP contribution in [0.15, 0.2) is 48.7 Å². The Kier molecular flexibility index (Phi) is 12.2. The van der Waals surface area contributed by atoms with Gasteiger partial charge in [-0.15, -0.1) is 0 Å². The van der Waals surface area contributed by atoms with Crippen molar-refractivity contribution >= 4 is 46.6 Å². The van der Waals surface area contributed by atoms with E-state index in [1.165, 1.54) is 17.0 Å². The molecule has 8 rings (SSSR count). The van der Waals surface area contributed by atoms with Gasteiger partial charge in [0.1, 0.15) is 17.6 Å². The molecule has 1 saturated carbocycles. The average Bonchev–Trinajstić information content (AvgIpc) is 3.23. The number of rotatable bonds is 10. The van der Waals surface area contributed by atoms with Gasteiger partial charge in [-0.2, -0.15) is 0 Å². The minimum Gasteiger partial charge on any atom is -0.374 e. The number of hydrogen-bond donors (Lipinski definition) is 4. The number of alkyl halides is 2. The van der Waals surface area contributed by atoms with Gasteiger partial charge < -0.3 is 25.8 Å². The van der Waals surface area contributed by atoms with Crippen LogP contribution in [-0.4, -0.2) is 101 Å². The fourth-order valence-electron chi connectivity index (χ4n) is 9.37. The zero-order valence-corrected chi connectivity index (χ0v) is 33.4. The molecule has 0 spiro atoms. The monoisotopic (exact) mass is 833 g/mol. The van der Waals surface area contributed by atoms with E-state index in [1.807, 2.05) is 6.07 Å². The maximum absolute atomic E-state index is 15.7. The van der Waals surface area contributed by atoms with Gasteiger partial charge >= 0.3 is 0 Å². The van der Waals surface area contributed by atoms with E-state index in [2.05, 4.69) is 31.2 Å². The van der Waals surface area contributed by atoms with Gasteiger partial charge in [0.2, 0.25) is 29.6 Å². The second-order valence-electron chi connectivity index (χ2n) is 16.8. The van der Waals surface area contributed by atoms with Gasteiger partial charge in [0.05, 0.1) is 24.5 Å². The summed E-state index contributed by atoms with van der Waals surface area (Å²) in [4.78, 5) is 62.9. The largest absolute Gasteiger partial charge is 0.374 e. The summed E-state index contributed by atoms with van der Waals surface area (Å²) in [7, 11) is 0. The topological polar surface area (TPSA) is 152 Å². The molecule has 5 heterocycles. The number of carbonyl (C=O) groups excluding carboxylic acids is 4. The quantitative estimate of drug-likeness (QED) is 0.150. The lowest BCUT2D eigenvalue weighted by Gasteiger charge is -2.46. The van der Waals surface area contributed by atoms with Gasteiger partial charge in [-0.1, -0.05) is 12.1 Å². The number of nitrogens with one attached hydrogen (secondary N) is 4. The van der Waals surface area contributed by atoms with Crippen LogP contribution in [-0.2, 0) is 19.2 Å². The number of piperidine rings is 4. The fourth-order valence-corrected chi connectivity index (χ4v) is 9.37. The van der Waals surface area contributed by atoms with Crippen LogP contribution in [0.4, 0.5) is 40.6 Å². The molecule has 4 N–H and O–H groups in total. The molecular formula is C43H51F4N9O4. The maximum atomic E-state index is 15.7. The molecule has 4 aliphatic heterocycles. The van der Waals surface area contributed by atoms with E-state index in [0.29, 0.717) is 87.5 Å². The molecule has 0 bridgehead atoms. The first kappa shape index (κ1) is 41.4. The van der Waals surface area contributed by atoms with Crippen molar-refractivity contribution in [1.29, 1.82) is 0 Å². The second-order valence-corrected chi connectivity index (χ2v) is 16.8. The molecular weight excluding hydrogens is 783 g/mol. The third kappa shape index (κ3) is 9.35. The Bertz CT molecular complexity index is 2090. The van der Waals surface area contributed by atoms with Gasteiger partial charge in [-0.25, -0.2) is 27.5 Å². The van der Waals surface area contributed by atoms with Crippen molar-refractivity contribution in [2.45, 2.75) is 107 Å². The van der Waals surface area contributed by atoms with Crippen LogP contribution in [0.25, 0.3) is 11.3 Å². The first-order valence-electron chi connectivity index (χ1n) is 21.2. The van der Waals surface area contributed by atoms with Crippen LogP contribution in [0.5, 0.6) is 0 Å². The first-order valence-corrected chi connectivity index (χ1v) is 21.2. The number of halogens is 4. The van der Waals surface area contributed by atoms with E-state index < -0.39 is 42.1 Å². The molecule has 0 radical (unpaired) electrons. The van der Waals surface area contributed by atoms with Crippen LogP contribution in [0.3, 0.4) is 0 Å². The Morgan fingerprint density at radius 3 is 2.35 bits per heavy atom. The Balaban J connectivity index is 0.779.